The third-order valence-corrected chi connectivity index (χ3v) is 3.94. The Bertz CT molecular complexity index is 139. The number of hydrogen-bond acceptors (Lipinski definition) is 0. The number of fused-ring (bicyclic) bond motifs is 2. The molecule has 0 aromatic heterocycles. The van der Waals surface area contributed by atoms with Crippen LogP contribution in [0.3, 0.4) is 0 Å². The molecule has 4 heteroatoms. The molecular weight excluding hydrogens is 207 g/mol. The Balaban J connectivity index is 0.000000720. The minimum absolute atomic E-state index is 0. The summed E-state index contributed by atoms with van der Waals surface area (Å²) >= 11 is 0. The predicted octanol–water partition coefficient (Wildman–Crippen LogP) is -6.86. The highest BCUT2D eigenvalue weighted by Crippen LogP contribution is 2.50. The van der Waals surface area contributed by atoms with Crippen LogP contribution in [0.2, 0.25) is 0 Å². The highest BCUT2D eigenvalue weighted by molar-refractivity contribution is 4.95. The molecule has 0 saturated heterocycles. The van der Waals surface area contributed by atoms with Crippen molar-refractivity contribution in [3.63, 3.8) is 0 Å². The maximum Gasteiger partial charge on any atom is 0.0776 e. The Morgan fingerprint density at radius 3 is 1.54 bits per heavy atom. The van der Waals surface area contributed by atoms with E-state index in [-0.39, 0.29) is 24.8 Å². The van der Waals surface area contributed by atoms with Crippen LogP contribution in [-0.4, -0.2) is 13.1 Å². The second kappa shape index (κ2) is 5.40. The van der Waals surface area contributed by atoms with Crippen molar-refractivity contribution in [3.8, 4) is 0 Å². The topological polar surface area (TPSA) is 55.3 Å². The molecule has 2 unspecified atom stereocenters. The lowest BCUT2D eigenvalue weighted by molar-refractivity contribution is -0.408. The molecule has 2 aliphatic rings. The van der Waals surface area contributed by atoms with E-state index in [0.29, 0.717) is 0 Å². The van der Waals surface area contributed by atoms with E-state index >= 15 is 0 Å². The van der Waals surface area contributed by atoms with Crippen molar-refractivity contribution in [2.75, 3.05) is 13.1 Å². The molecule has 0 heterocycles. The first-order valence-corrected chi connectivity index (χ1v) is 4.95. The lowest BCUT2D eigenvalue weighted by Crippen LogP contribution is -3.00. The predicted molar refractivity (Wildman–Crippen MR) is 43.3 cm³/mol. The molecule has 4 atom stereocenters. The monoisotopic (exact) mass is 226 g/mol. The molecule has 80 valence electrons. The van der Waals surface area contributed by atoms with Gasteiger partial charge < -0.3 is 36.3 Å². The van der Waals surface area contributed by atoms with Crippen molar-refractivity contribution >= 4 is 0 Å². The van der Waals surface area contributed by atoms with E-state index in [2.05, 4.69) is 11.5 Å². The van der Waals surface area contributed by atoms with Crippen LogP contribution in [0.25, 0.3) is 0 Å². The summed E-state index contributed by atoms with van der Waals surface area (Å²) in [4.78, 5) is 0. The molecule has 0 aliphatic heterocycles. The van der Waals surface area contributed by atoms with E-state index in [1.54, 1.807) is 0 Å². The third kappa shape index (κ3) is 2.12. The van der Waals surface area contributed by atoms with Crippen LogP contribution in [0.1, 0.15) is 19.3 Å². The highest BCUT2D eigenvalue weighted by atomic mass is 35.5. The average molecular weight is 227 g/mol. The van der Waals surface area contributed by atoms with Gasteiger partial charge in [-0.1, -0.05) is 0 Å². The molecular formula is C9H20Cl2N2. The molecule has 2 aliphatic carbocycles. The smallest absolute Gasteiger partial charge is 0.0776 e. The van der Waals surface area contributed by atoms with Crippen LogP contribution in [0.4, 0.5) is 0 Å². The van der Waals surface area contributed by atoms with Gasteiger partial charge in [-0.25, -0.2) is 0 Å². The van der Waals surface area contributed by atoms with Crippen molar-refractivity contribution in [3.05, 3.63) is 0 Å². The maximum absolute atomic E-state index is 4.06. The number of hydrogen-bond donors (Lipinski definition) is 2. The molecule has 13 heavy (non-hydrogen) atoms. The zero-order chi connectivity index (χ0) is 7.84. The summed E-state index contributed by atoms with van der Waals surface area (Å²) in [5.41, 5.74) is 8.11. The van der Waals surface area contributed by atoms with Gasteiger partial charge in [-0.3, -0.25) is 0 Å². The lowest BCUT2D eigenvalue weighted by Gasteiger charge is -2.25. The molecule has 0 radical (unpaired) electrons. The quantitative estimate of drug-likeness (QED) is 0.471. The Morgan fingerprint density at radius 1 is 0.846 bits per heavy atom. The van der Waals surface area contributed by atoms with Gasteiger partial charge in [0.25, 0.3) is 0 Å². The molecule has 2 nitrogen and oxygen atoms in total. The van der Waals surface area contributed by atoms with Crippen LogP contribution in [-0.2, 0) is 0 Å². The SMILES string of the molecule is [Cl-].[Cl-].[NH3+]CC1C(C[NH3+])[C@H]2CC[C@@H]1C2. The summed E-state index contributed by atoms with van der Waals surface area (Å²) in [7, 11) is 0. The fourth-order valence-corrected chi connectivity index (χ4v) is 3.43. The van der Waals surface area contributed by atoms with E-state index in [4.69, 9.17) is 0 Å². The van der Waals surface area contributed by atoms with Crippen LogP contribution in [0, 0.1) is 23.7 Å². The Labute approximate surface area is 92.6 Å². The fraction of sp³-hybridized carbons (Fsp3) is 1.00. The zero-order valence-corrected chi connectivity index (χ0v) is 9.53. The molecule has 2 bridgehead atoms. The Kier molecular flexibility index (Phi) is 5.61. The maximum atomic E-state index is 4.06. The van der Waals surface area contributed by atoms with Crippen LogP contribution >= 0.6 is 0 Å². The van der Waals surface area contributed by atoms with Crippen LogP contribution < -0.4 is 36.3 Å². The van der Waals surface area contributed by atoms with Crippen molar-refractivity contribution in [2.45, 2.75) is 19.3 Å². The molecule has 2 rings (SSSR count). The van der Waals surface area contributed by atoms with Gasteiger partial charge in [0.15, 0.2) is 0 Å². The summed E-state index contributed by atoms with van der Waals surface area (Å²) in [5.74, 6) is 3.94. The van der Waals surface area contributed by atoms with Gasteiger partial charge in [-0.05, 0) is 31.1 Å². The molecule has 0 amide bonds. The van der Waals surface area contributed by atoms with Gasteiger partial charge >= 0.3 is 0 Å². The van der Waals surface area contributed by atoms with E-state index < -0.39 is 0 Å². The van der Waals surface area contributed by atoms with Gasteiger partial charge in [0.2, 0.25) is 0 Å². The minimum Gasteiger partial charge on any atom is -1.00 e. The van der Waals surface area contributed by atoms with Gasteiger partial charge in [-0.2, -0.15) is 0 Å². The fourth-order valence-electron chi connectivity index (χ4n) is 3.43. The minimum atomic E-state index is 0. The average Bonchev–Trinajstić information content (AvgIpc) is 2.60. The van der Waals surface area contributed by atoms with Crippen molar-refractivity contribution in [1.29, 1.82) is 0 Å². The molecule has 0 spiro atoms. The standard InChI is InChI=1S/C9H18N2.2ClH/c10-4-8-6-1-2-7(3-6)9(8)5-11;;/h6-9H,1-5,10-11H2;2*1H/t6-,7+,8?,9?;;. The van der Waals surface area contributed by atoms with Crippen LogP contribution in [0.5, 0.6) is 0 Å². The number of quaternary nitrogens is 2. The summed E-state index contributed by atoms with van der Waals surface area (Å²) in [6.07, 6.45) is 4.48. The lowest BCUT2D eigenvalue weighted by atomic mass is 9.79. The molecule has 0 aromatic carbocycles. The zero-order valence-electron chi connectivity index (χ0n) is 8.02. The Morgan fingerprint density at radius 2 is 1.23 bits per heavy atom. The summed E-state index contributed by atoms with van der Waals surface area (Å²) < 4.78 is 0. The van der Waals surface area contributed by atoms with E-state index in [0.717, 1.165) is 36.8 Å². The second-order valence-electron chi connectivity index (χ2n) is 4.24. The molecule has 6 N–H and O–H groups in total. The molecule has 2 fully saturated rings. The number of rotatable bonds is 2. The van der Waals surface area contributed by atoms with Crippen molar-refractivity contribution in [2.24, 2.45) is 23.7 Å². The van der Waals surface area contributed by atoms with E-state index in [1.165, 1.54) is 19.3 Å². The normalized spacial score (nSPS) is 41.1. The summed E-state index contributed by atoms with van der Waals surface area (Å²) in [5, 5.41) is 0. The van der Waals surface area contributed by atoms with E-state index in [9.17, 15) is 0 Å². The van der Waals surface area contributed by atoms with Crippen molar-refractivity contribution in [1.82, 2.24) is 0 Å². The largest absolute Gasteiger partial charge is 1.00 e. The third-order valence-electron chi connectivity index (χ3n) is 3.94. The molecule has 2 saturated carbocycles. The van der Waals surface area contributed by atoms with E-state index in [1.807, 2.05) is 0 Å². The van der Waals surface area contributed by atoms with Crippen LogP contribution in [0.15, 0.2) is 0 Å². The Hall–Kier alpha value is 0.500. The first-order chi connectivity index (χ1) is 5.36. The second-order valence-corrected chi connectivity index (χ2v) is 4.24. The summed E-state index contributed by atoms with van der Waals surface area (Å²) in [6.45, 7) is 2.31. The first-order valence-electron chi connectivity index (χ1n) is 4.95. The highest BCUT2D eigenvalue weighted by Gasteiger charge is 2.47. The van der Waals surface area contributed by atoms with Gasteiger partial charge in [-0.15, -0.1) is 0 Å². The van der Waals surface area contributed by atoms with Crippen molar-refractivity contribution < 1.29 is 36.3 Å². The molecule has 0 aromatic rings. The van der Waals surface area contributed by atoms with Gasteiger partial charge in [0.1, 0.15) is 0 Å². The summed E-state index contributed by atoms with van der Waals surface area (Å²) in [6, 6.07) is 0. The van der Waals surface area contributed by atoms with Gasteiger partial charge in [0, 0.05) is 11.8 Å². The number of halogens is 2. The van der Waals surface area contributed by atoms with Gasteiger partial charge in [0.05, 0.1) is 13.1 Å². The first kappa shape index (κ1) is 13.5.